The van der Waals surface area contributed by atoms with E-state index in [0.717, 1.165) is 4.68 Å². The average molecular weight is 610 g/mol. The number of carbonyl (C=O) groups is 2. The number of carbonyl (C=O) groups excluding carboxylic acids is 1. The molecule has 0 spiro atoms. The fraction of sp³-hybridized carbons (Fsp3) is 0.233. The maximum atomic E-state index is 12.8. The SMILES string of the molecule is CCC(C)(NCc1ccc(-c2cccc(-c3cccc(NC(=O)c4ccnn(C)c4=O)c3Cl)c2Cl)nc1OC)C(=O)O. The van der Waals surface area contributed by atoms with Gasteiger partial charge in [-0.2, -0.15) is 5.10 Å². The molecule has 4 rings (SSSR count). The second kappa shape index (κ2) is 12.7. The lowest BCUT2D eigenvalue weighted by atomic mass is 9.98. The molecule has 0 saturated heterocycles. The molecule has 2 aromatic carbocycles. The number of benzene rings is 2. The predicted octanol–water partition coefficient (Wildman–Crippen LogP) is 5.42. The Morgan fingerprint density at radius 3 is 2.36 bits per heavy atom. The molecule has 42 heavy (non-hydrogen) atoms. The van der Waals surface area contributed by atoms with Crippen LogP contribution in [0.2, 0.25) is 10.0 Å². The van der Waals surface area contributed by atoms with Crippen molar-refractivity contribution in [3.8, 4) is 28.3 Å². The van der Waals surface area contributed by atoms with Crippen LogP contribution in [-0.2, 0) is 18.4 Å². The number of hydrogen-bond donors (Lipinski definition) is 3. The second-order valence-electron chi connectivity index (χ2n) is 9.67. The molecule has 4 aromatic rings. The first kappa shape index (κ1) is 30.7. The van der Waals surface area contributed by atoms with Crippen molar-refractivity contribution in [1.82, 2.24) is 20.1 Å². The van der Waals surface area contributed by atoms with E-state index in [-0.39, 0.29) is 17.1 Å². The minimum Gasteiger partial charge on any atom is -0.481 e. The van der Waals surface area contributed by atoms with Gasteiger partial charge in [-0.3, -0.25) is 19.7 Å². The number of pyridine rings is 1. The van der Waals surface area contributed by atoms with Crippen LogP contribution in [0.15, 0.2) is 65.6 Å². The number of aromatic nitrogens is 3. The molecule has 0 aliphatic heterocycles. The van der Waals surface area contributed by atoms with Crippen LogP contribution in [0.4, 0.5) is 5.69 Å². The number of amides is 1. The molecule has 0 aliphatic carbocycles. The Labute approximate surface area is 252 Å². The van der Waals surface area contributed by atoms with Gasteiger partial charge in [0.25, 0.3) is 11.5 Å². The molecule has 0 radical (unpaired) electrons. The molecule has 0 bridgehead atoms. The first-order valence-electron chi connectivity index (χ1n) is 12.9. The molecule has 218 valence electrons. The Morgan fingerprint density at radius 2 is 1.69 bits per heavy atom. The Balaban J connectivity index is 1.66. The van der Waals surface area contributed by atoms with Gasteiger partial charge < -0.3 is 15.2 Å². The van der Waals surface area contributed by atoms with Crippen molar-refractivity contribution in [2.24, 2.45) is 7.05 Å². The van der Waals surface area contributed by atoms with Gasteiger partial charge in [0.2, 0.25) is 5.88 Å². The van der Waals surface area contributed by atoms with Gasteiger partial charge in [0.1, 0.15) is 11.1 Å². The Hall–Kier alpha value is -4.25. The summed E-state index contributed by atoms with van der Waals surface area (Å²) in [5.41, 5.74) is 1.59. The van der Waals surface area contributed by atoms with Crippen LogP contribution in [0.3, 0.4) is 0 Å². The number of rotatable bonds is 10. The van der Waals surface area contributed by atoms with E-state index in [4.69, 9.17) is 27.9 Å². The van der Waals surface area contributed by atoms with Gasteiger partial charge in [-0.15, -0.1) is 0 Å². The van der Waals surface area contributed by atoms with E-state index in [1.54, 1.807) is 44.2 Å². The number of carboxylic acid groups (broad SMARTS) is 1. The lowest BCUT2D eigenvalue weighted by Crippen LogP contribution is -2.48. The van der Waals surface area contributed by atoms with E-state index in [1.807, 2.05) is 18.2 Å². The number of aryl methyl sites for hydroxylation is 1. The molecule has 2 aromatic heterocycles. The fourth-order valence-electron chi connectivity index (χ4n) is 4.22. The monoisotopic (exact) mass is 609 g/mol. The number of nitrogens with one attached hydrogen (secondary N) is 2. The number of aliphatic carboxylic acids is 1. The largest absolute Gasteiger partial charge is 0.481 e. The zero-order valence-electron chi connectivity index (χ0n) is 23.4. The van der Waals surface area contributed by atoms with E-state index in [1.165, 1.54) is 26.4 Å². The van der Waals surface area contributed by atoms with Crippen LogP contribution in [0.1, 0.15) is 36.2 Å². The van der Waals surface area contributed by atoms with Crippen LogP contribution in [0, 0.1) is 0 Å². The molecule has 0 saturated carbocycles. The highest BCUT2D eigenvalue weighted by Gasteiger charge is 2.30. The summed E-state index contributed by atoms with van der Waals surface area (Å²) in [6.45, 7) is 3.66. The molecule has 10 nitrogen and oxygen atoms in total. The molecule has 0 aliphatic rings. The summed E-state index contributed by atoms with van der Waals surface area (Å²) < 4.78 is 6.59. The zero-order chi connectivity index (χ0) is 30.6. The van der Waals surface area contributed by atoms with Crippen molar-refractivity contribution in [2.45, 2.75) is 32.4 Å². The molecular formula is C30H29Cl2N5O5. The van der Waals surface area contributed by atoms with Crippen molar-refractivity contribution < 1.29 is 19.4 Å². The topological polar surface area (TPSA) is 135 Å². The molecule has 1 atom stereocenters. The van der Waals surface area contributed by atoms with Crippen LogP contribution in [0.5, 0.6) is 5.88 Å². The van der Waals surface area contributed by atoms with Gasteiger partial charge >= 0.3 is 5.97 Å². The van der Waals surface area contributed by atoms with Crippen molar-refractivity contribution in [1.29, 1.82) is 0 Å². The van der Waals surface area contributed by atoms with Gasteiger partial charge in [0.15, 0.2) is 0 Å². The molecule has 1 unspecified atom stereocenters. The molecule has 12 heteroatoms. The number of methoxy groups -OCH3 is 1. The third kappa shape index (κ3) is 6.15. The Morgan fingerprint density at radius 1 is 1.02 bits per heavy atom. The maximum Gasteiger partial charge on any atom is 0.323 e. The number of ether oxygens (including phenoxy) is 1. The summed E-state index contributed by atoms with van der Waals surface area (Å²) in [4.78, 5) is 41.5. The second-order valence-corrected chi connectivity index (χ2v) is 10.4. The Bertz CT molecular complexity index is 1730. The lowest BCUT2D eigenvalue weighted by Gasteiger charge is -2.25. The van der Waals surface area contributed by atoms with E-state index in [0.29, 0.717) is 51.0 Å². The van der Waals surface area contributed by atoms with Crippen LogP contribution < -0.4 is 20.9 Å². The van der Waals surface area contributed by atoms with Crippen molar-refractivity contribution >= 4 is 40.8 Å². The maximum absolute atomic E-state index is 12.8. The smallest absolute Gasteiger partial charge is 0.323 e. The van der Waals surface area contributed by atoms with Crippen molar-refractivity contribution in [2.75, 3.05) is 12.4 Å². The molecule has 3 N–H and O–H groups in total. The molecule has 2 heterocycles. The quantitative estimate of drug-likeness (QED) is 0.217. The number of nitrogens with zero attached hydrogens (tertiary/aromatic N) is 3. The highest BCUT2D eigenvalue weighted by atomic mass is 35.5. The minimum atomic E-state index is -1.10. The van der Waals surface area contributed by atoms with E-state index >= 15 is 0 Å². The average Bonchev–Trinajstić information content (AvgIpc) is 2.98. The van der Waals surface area contributed by atoms with Crippen LogP contribution in [0.25, 0.3) is 22.4 Å². The van der Waals surface area contributed by atoms with E-state index in [2.05, 4.69) is 20.7 Å². The van der Waals surface area contributed by atoms with Crippen LogP contribution in [-0.4, -0.2) is 44.4 Å². The number of hydrogen-bond acceptors (Lipinski definition) is 7. The van der Waals surface area contributed by atoms with Crippen LogP contribution >= 0.6 is 23.2 Å². The summed E-state index contributed by atoms with van der Waals surface area (Å²) >= 11 is 13.6. The van der Waals surface area contributed by atoms with E-state index in [9.17, 15) is 19.5 Å². The van der Waals surface area contributed by atoms with Gasteiger partial charge in [-0.05, 0) is 31.5 Å². The van der Waals surface area contributed by atoms with Gasteiger partial charge in [0.05, 0.1) is 28.5 Å². The summed E-state index contributed by atoms with van der Waals surface area (Å²) in [6.07, 6.45) is 1.76. The number of carboxylic acids is 1. The highest BCUT2D eigenvalue weighted by Crippen LogP contribution is 2.41. The van der Waals surface area contributed by atoms with Crippen molar-refractivity contribution in [3.63, 3.8) is 0 Å². The summed E-state index contributed by atoms with van der Waals surface area (Å²) in [5.74, 6) is -1.23. The summed E-state index contributed by atoms with van der Waals surface area (Å²) in [6, 6.07) is 15.4. The standard InChI is InChI=1S/C30H29Cl2N5O5/c1-5-30(2,29(40)41)33-16-17-12-13-22(36-27(17)42-4)20-10-6-8-18(24(20)31)19-9-7-11-23(25(19)32)35-26(38)21-14-15-34-37(3)28(21)39/h6-15,33H,5,16H2,1-4H3,(H,35,38)(H,40,41). The molecule has 0 fully saturated rings. The molecule has 1 amide bonds. The van der Waals surface area contributed by atoms with Gasteiger partial charge in [0, 0.05) is 42.0 Å². The fourth-order valence-corrected chi connectivity index (χ4v) is 4.82. The van der Waals surface area contributed by atoms with Gasteiger partial charge in [-0.1, -0.05) is 66.5 Å². The third-order valence-corrected chi connectivity index (χ3v) is 7.86. The zero-order valence-corrected chi connectivity index (χ0v) is 24.9. The first-order valence-corrected chi connectivity index (χ1v) is 13.7. The molecular weight excluding hydrogens is 581 g/mol. The van der Waals surface area contributed by atoms with E-state index < -0.39 is 23.0 Å². The van der Waals surface area contributed by atoms with Gasteiger partial charge in [-0.25, -0.2) is 9.67 Å². The minimum absolute atomic E-state index is 0.0741. The summed E-state index contributed by atoms with van der Waals surface area (Å²) in [5, 5.41) is 19.8. The summed E-state index contributed by atoms with van der Waals surface area (Å²) in [7, 11) is 2.95. The highest BCUT2D eigenvalue weighted by molar-refractivity contribution is 6.39. The Kier molecular flexibility index (Phi) is 9.30. The van der Waals surface area contributed by atoms with Crippen molar-refractivity contribution in [3.05, 3.63) is 92.3 Å². The number of anilines is 1. The third-order valence-electron chi connectivity index (χ3n) is 7.04. The lowest BCUT2D eigenvalue weighted by molar-refractivity contribution is -0.144. The predicted molar refractivity (Wildman–Crippen MR) is 162 cm³/mol. The first-order chi connectivity index (χ1) is 20.0. The normalized spacial score (nSPS) is 12.4. The number of halogens is 2.